The van der Waals surface area contributed by atoms with E-state index in [4.69, 9.17) is 8.37 Å². The number of para-hydroxylation sites is 2. The lowest BCUT2D eigenvalue weighted by molar-refractivity contribution is 0.102. The number of aromatic nitrogens is 5. The lowest BCUT2D eigenvalue weighted by Crippen LogP contribution is -2.21. The van der Waals surface area contributed by atoms with Gasteiger partial charge in [0, 0.05) is 31.0 Å². The summed E-state index contributed by atoms with van der Waals surface area (Å²) in [5, 5.41) is 5.77. The number of carbonyl (C=O) groups is 1. The SMILES string of the molecule is Cc1cc(C(=O)Nc2nc3ccccc3n2C[C@H](C)C[C@H]2COS(=O)O2)cc(-c2c[nH]n(C)c2=O)n1. The number of rotatable bonds is 7. The third-order valence-electron chi connectivity index (χ3n) is 6.03. The number of H-pyrrole nitrogens is 1. The smallest absolute Gasteiger partial charge is 0.305 e. The fourth-order valence-electron chi connectivity index (χ4n) is 4.35. The molecular formula is C24H26N6O5S. The maximum absolute atomic E-state index is 13.3. The Morgan fingerprint density at radius 1 is 1.31 bits per heavy atom. The van der Waals surface area contributed by atoms with E-state index in [0.29, 0.717) is 48.0 Å². The van der Waals surface area contributed by atoms with Gasteiger partial charge in [0.15, 0.2) is 0 Å². The fourth-order valence-corrected chi connectivity index (χ4v) is 5.03. The molecule has 4 heterocycles. The highest BCUT2D eigenvalue weighted by molar-refractivity contribution is 7.75. The summed E-state index contributed by atoms with van der Waals surface area (Å²) in [6.45, 7) is 4.68. The fraction of sp³-hybridized carbons (Fsp3) is 0.333. The Bertz CT molecular complexity index is 1520. The van der Waals surface area contributed by atoms with Gasteiger partial charge in [0.2, 0.25) is 5.95 Å². The van der Waals surface area contributed by atoms with Crippen molar-refractivity contribution in [2.75, 3.05) is 11.9 Å². The van der Waals surface area contributed by atoms with Crippen molar-refractivity contribution in [2.24, 2.45) is 13.0 Å². The van der Waals surface area contributed by atoms with Crippen LogP contribution >= 0.6 is 0 Å². The molecule has 3 atom stereocenters. The number of nitrogens with one attached hydrogen (secondary N) is 2. The molecule has 1 unspecified atom stereocenters. The van der Waals surface area contributed by atoms with E-state index in [1.165, 1.54) is 4.68 Å². The van der Waals surface area contributed by atoms with Crippen molar-refractivity contribution < 1.29 is 17.4 Å². The minimum absolute atomic E-state index is 0.126. The van der Waals surface area contributed by atoms with E-state index in [9.17, 15) is 13.8 Å². The molecule has 0 saturated carbocycles. The number of benzene rings is 1. The summed E-state index contributed by atoms with van der Waals surface area (Å²) in [5.74, 6) is 0.177. The van der Waals surface area contributed by atoms with Gasteiger partial charge in [-0.1, -0.05) is 19.1 Å². The molecule has 36 heavy (non-hydrogen) atoms. The van der Waals surface area contributed by atoms with Crippen LogP contribution in [0.25, 0.3) is 22.3 Å². The summed E-state index contributed by atoms with van der Waals surface area (Å²) in [5.41, 5.74) is 3.19. The van der Waals surface area contributed by atoms with E-state index in [2.05, 4.69) is 27.3 Å². The first-order valence-electron chi connectivity index (χ1n) is 11.5. The Morgan fingerprint density at radius 2 is 2.11 bits per heavy atom. The Hall–Kier alpha value is -3.61. The zero-order chi connectivity index (χ0) is 25.4. The lowest BCUT2D eigenvalue weighted by Gasteiger charge is -2.17. The molecule has 2 N–H and O–H groups in total. The van der Waals surface area contributed by atoms with Gasteiger partial charge in [0.25, 0.3) is 11.5 Å². The van der Waals surface area contributed by atoms with E-state index >= 15 is 0 Å². The van der Waals surface area contributed by atoms with Crippen molar-refractivity contribution in [1.29, 1.82) is 0 Å². The minimum Gasteiger partial charge on any atom is -0.310 e. The van der Waals surface area contributed by atoms with Gasteiger partial charge in [-0.3, -0.25) is 32.9 Å². The second-order valence-corrected chi connectivity index (χ2v) is 9.81. The molecule has 3 aromatic heterocycles. The van der Waals surface area contributed by atoms with Crippen LogP contribution in [0.4, 0.5) is 5.95 Å². The average Bonchev–Trinajstić information content (AvgIpc) is 3.51. The second kappa shape index (κ2) is 9.80. The summed E-state index contributed by atoms with van der Waals surface area (Å²) in [6, 6.07) is 10.9. The van der Waals surface area contributed by atoms with E-state index in [1.807, 2.05) is 28.8 Å². The van der Waals surface area contributed by atoms with Gasteiger partial charge in [-0.25, -0.2) is 4.98 Å². The first-order valence-corrected chi connectivity index (χ1v) is 12.5. The van der Waals surface area contributed by atoms with E-state index < -0.39 is 11.4 Å². The number of fused-ring (bicyclic) bond motifs is 1. The van der Waals surface area contributed by atoms with Gasteiger partial charge < -0.3 is 9.67 Å². The van der Waals surface area contributed by atoms with Crippen LogP contribution in [0.3, 0.4) is 0 Å². The Kier molecular flexibility index (Phi) is 6.56. The van der Waals surface area contributed by atoms with E-state index in [1.54, 1.807) is 32.3 Å². The largest absolute Gasteiger partial charge is 0.310 e. The summed E-state index contributed by atoms with van der Waals surface area (Å²) in [7, 11) is 1.62. The summed E-state index contributed by atoms with van der Waals surface area (Å²) < 4.78 is 25.0. The summed E-state index contributed by atoms with van der Waals surface area (Å²) >= 11 is -1.69. The number of carbonyl (C=O) groups excluding carboxylic acids is 1. The normalized spacial score (nSPS) is 18.5. The van der Waals surface area contributed by atoms with Gasteiger partial charge in [-0.15, -0.1) is 0 Å². The molecule has 0 spiro atoms. The van der Waals surface area contributed by atoms with Gasteiger partial charge in [0.05, 0.1) is 28.9 Å². The van der Waals surface area contributed by atoms with Crippen LogP contribution < -0.4 is 10.9 Å². The topological polar surface area (TPSA) is 133 Å². The predicted molar refractivity (Wildman–Crippen MR) is 134 cm³/mol. The maximum Gasteiger partial charge on any atom is 0.305 e. The van der Waals surface area contributed by atoms with Crippen LogP contribution in [0.5, 0.6) is 0 Å². The number of imidazole rings is 1. The highest BCUT2D eigenvalue weighted by Gasteiger charge is 2.26. The predicted octanol–water partition coefficient (Wildman–Crippen LogP) is 2.71. The lowest BCUT2D eigenvalue weighted by atomic mass is 10.0. The second-order valence-electron chi connectivity index (χ2n) is 8.97. The van der Waals surface area contributed by atoms with E-state index in [-0.39, 0.29) is 23.5 Å². The zero-order valence-corrected chi connectivity index (χ0v) is 20.9. The number of aryl methyl sites for hydroxylation is 2. The third kappa shape index (κ3) is 4.87. The molecule has 5 rings (SSSR count). The molecule has 1 saturated heterocycles. The minimum atomic E-state index is -1.69. The molecule has 4 aromatic rings. The number of amides is 1. The van der Waals surface area contributed by atoms with Crippen molar-refractivity contribution in [1.82, 2.24) is 24.3 Å². The quantitative estimate of drug-likeness (QED) is 0.391. The summed E-state index contributed by atoms with van der Waals surface area (Å²) in [6.07, 6.45) is 1.97. The van der Waals surface area contributed by atoms with Crippen molar-refractivity contribution in [2.45, 2.75) is 32.9 Å². The van der Waals surface area contributed by atoms with Crippen molar-refractivity contribution in [3.8, 4) is 11.3 Å². The van der Waals surface area contributed by atoms with Crippen molar-refractivity contribution in [3.63, 3.8) is 0 Å². The highest BCUT2D eigenvalue weighted by atomic mass is 32.2. The van der Waals surface area contributed by atoms with E-state index in [0.717, 1.165) is 11.0 Å². The molecule has 1 amide bonds. The van der Waals surface area contributed by atoms with Gasteiger partial charge in [-0.05, 0) is 43.5 Å². The van der Waals surface area contributed by atoms with Crippen LogP contribution in [-0.4, -0.2) is 47.1 Å². The van der Waals surface area contributed by atoms with Crippen molar-refractivity contribution in [3.05, 3.63) is 64.2 Å². The highest BCUT2D eigenvalue weighted by Crippen LogP contribution is 2.25. The molecule has 11 nitrogen and oxygen atoms in total. The van der Waals surface area contributed by atoms with Gasteiger partial charge in [0.1, 0.15) is 6.10 Å². The Morgan fingerprint density at radius 3 is 2.83 bits per heavy atom. The number of aromatic amines is 1. The van der Waals surface area contributed by atoms with Crippen LogP contribution in [-0.2, 0) is 33.3 Å². The number of hydrogen-bond acceptors (Lipinski definition) is 7. The average molecular weight is 511 g/mol. The molecule has 1 fully saturated rings. The van der Waals surface area contributed by atoms with Crippen molar-refractivity contribution >= 4 is 34.3 Å². The van der Waals surface area contributed by atoms with Gasteiger partial charge >= 0.3 is 11.4 Å². The third-order valence-corrected chi connectivity index (χ3v) is 6.79. The molecular weight excluding hydrogens is 484 g/mol. The molecule has 1 aromatic carbocycles. The molecule has 0 bridgehead atoms. The first-order chi connectivity index (χ1) is 17.3. The molecule has 0 aliphatic carbocycles. The monoisotopic (exact) mass is 510 g/mol. The van der Waals surface area contributed by atoms with Crippen LogP contribution in [0.2, 0.25) is 0 Å². The Balaban J connectivity index is 1.42. The van der Waals surface area contributed by atoms with Crippen LogP contribution in [0, 0.1) is 12.8 Å². The first kappa shape index (κ1) is 24.1. The molecule has 1 aliphatic rings. The van der Waals surface area contributed by atoms with Crippen LogP contribution in [0.1, 0.15) is 29.4 Å². The molecule has 12 heteroatoms. The maximum atomic E-state index is 13.3. The molecule has 0 radical (unpaired) electrons. The molecule has 1 aliphatic heterocycles. The van der Waals surface area contributed by atoms with Gasteiger partial charge in [-0.2, -0.15) is 4.21 Å². The number of nitrogens with zero attached hydrogens (tertiary/aromatic N) is 4. The standard InChI is InChI=1S/C24H26N6O5S/c1-14(8-17-13-34-36(33)35-17)12-30-21-7-5-4-6-19(21)27-24(30)28-22(31)16-9-15(2)26-20(10-16)18-11-25-29(3)23(18)32/h4-7,9-11,14,17,25H,8,12-13H2,1-3H3,(H,27,28,31)/t14-,17+,36?/m1/s1. The number of hydrogen-bond donors (Lipinski definition) is 2. The number of anilines is 1. The summed E-state index contributed by atoms with van der Waals surface area (Å²) in [4.78, 5) is 34.8. The Labute approximate surface area is 209 Å². The molecule has 188 valence electrons. The van der Waals surface area contributed by atoms with Crippen LogP contribution in [0.15, 0.2) is 47.4 Å². The number of pyridine rings is 1. The zero-order valence-electron chi connectivity index (χ0n) is 20.1.